The third-order valence-electron chi connectivity index (χ3n) is 7.70. The van der Waals surface area contributed by atoms with Crippen molar-refractivity contribution in [2.45, 2.75) is 70.6 Å². The molecule has 0 spiro atoms. The van der Waals surface area contributed by atoms with Gasteiger partial charge in [0.05, 0.1) is 11.1 Å². The molecule has 0 aliphatic carbocycles. The number of nitrogens with one attached hydrogen (secondary N) is 1. The van der Waals surface area contributed by atoms with E-state index in [2.05, 4.69) is 10.2 Å². The normalized spacial score (nSPS) is 24.7. The molecular formula is C28H36N4O7. The molecule has 0 bridgehead atoms. The zero-order valence-electron chi connectivity index (χ0n) is 22.7. The van der Waals surface area contributed by atoms with Crippen molar-refractivity contribution in [3.63, 3.8) is 0 Å². The van der Waals surface area contributed by atoms with Gasteiger partial charge in [0, 0.05) is 39.1 Å². The van der Waals surface area contributed by atoms with E-state index in [-0.39, 0.29) is 36.2 Å². The van der Waals surface area contributed by atoms with Crippen LogP contribution in [-0.2, 0) is 14.3 Å². The number of hydrogen-bond donors (Lipinski definition) is 1. The maximum atomic E-state index is 13.1. The van der Waals surface area contributed by atoms with Crippen LogP contribution >= 0.6 is 0 Å². The minimum atomic E-state index is -0.986. The van der Waals surface area contributed by atoms with E-state index in [1.807, 2.05) is 20.8 Å². The molecule has 39 heavy (non-hydrogen) atoms. The molecule has 5 rings (SSSR count). The van der Waals surface area contributed by atoms with Crippen molar-refractivity contribution in [3.8, 4) is 5.75 Å². The van der Waals surface area contributed by atoms with Crippen LogP contribution in [0.2, 0.25) is 0 Å². The summed E-state index contributed by atoms with van der Waals surface area (Å²) in [7, 11) is 0. The van der Waals surface area contributed by atoms with E-state index < -0.39 is 35.3 Å². The van der Waals surface area contributed by atoms with Crippen LogP contribution < -0.4 is 10.1 Å². The van der Waals surface area contributed by atoms with Crippen LogP contribution in [-0.4, -0.2) is 94.9 Å². The van der Waals surface area contributed by atoms with Crippen LogP contribution in [0.25, 0.3) is 0 Å². The lowest BCUT2D eigenvalue weighted by molar-refractivity contribution is -0.136. The van der Waals surface area contributed by atoms with Crippen LogP contribution in [0.4, 0.5) is 4.79 Å². The zero-order valence-corrected chi connectivity index (χ0v) is 22.7. The smallest absolute Gasteiger partial charge is 0.410 e. The Hall–Kier alpha value is -3.47. The van der Waals surface area contributed by atoms with Crippen molar-refractivity contribution in [3.05, 3.63) is 29.3 Å². The first-order valence-electron chi connectivity index (χ1n) is 13.7. The first-order chi connectivity index (χ1) is 18.5. The van der Waals surface area contributed by atoms with E-state index in [4.69, 9.17) is 9.47 Å². The van der Waals surface area contributed by atoms with E-state index in [9.17, 15) is 24.0 Å². The van der Waals surface area contributed by atoms with Gasteiger partial charge in [-0.15, -0.1) is 0 Å². The lowest BCUT2D eigenvalue weighted by Gasteiger charge is -2.33. The molecule has 3 saturated heterocycles. The molecule has 4 aliphatic heterocycles. The summed E-state index contributed by atoms with van der Waals surface area (Å²) in [5, 5.41) is 2.21. The summed E-state index contributed by atoms with van der Waals surface area (Å²) in [6, 6.07) is 3.86. The predicted octanol–water partition coefficient (Wildman–Crippen LogP) is 2.19. The van der Waals surface area contributed by atoms with Crippen LogP contribution in [0.5, 0.6) is 5.75 Å². The van der Waals surface area contributed by atoms with Crippen LogP contribution in [0.15, 0.2) is 18.2 Å². The summed E-state index contributed by atoms with van der Waals surface area (Å²) in [6.45, 7) is 9.74. The van der Waals surface area contributed by atoms with E-state index in [1.165, 1.54) is 0 Å². The summed E-state index contributed by atoms with van der Waals surface area (Å²) in [5.74, 6) is -1.16. The lowest BCUT2D eigenvalue weighted by atomic mass is 10.0. The third-order valence-corrected chi connectivity index (χ3v) is 7.70. The Morgan fingerprint density at radius 3 is 2.38 bits per heavy atom. The maximum absolute atomic E-state index is 13.1. The number of amides is 5. The Morgan fingerprint density at radius 2 is 1.69 bits per heavy atom. The maximum Gasteiger partial charge on any atom is 0.410 e. The van der Waals surface area contributed by atoms with Gasteiger partial charge in [0.25, 0.3) is 11.8 Å². The average molecular weight is 541 g/mol. The Labute approximate surface area is 227 Å². The molecule has 2 atom stereocenters. The molecule has 0 radical (unpaired) electrons. The van der Waals surface area contributed by atoms with E-state index >= 15 is 0 Å². The molecule has 0 saturated carbocycles. The molecule has 4 heterocycles. The summed E-state index contributed by atoms with van der Waals surface area (Å²) in [4.78, 5) is 67.2. The fourth-order valence-corrected chi connectivity index (χ4v) is 5.76. The number of imide groups is 2. The molecular weight excluding hydrogens is 504 g/mol. The van der Waals surface area contributed by atoms with Gasteiger partial charge in [-0.1, -0.05) is 0 Å². The molecule has 11 heteroatoms. The number of ether oxygens (including phenoxy) is 2. The molecule has 4 aliphatic rings. The topological polar surface area (TPSA) is 126 Å². The number of hydrogen-bond acceptors (Lipinski definition) is 8. The van der Waals surface area contributed by atoms with Crippen LogP contribution in [0.1, 0.15) is 73.6 Å². The number of carbonyl (C=O) groups is 5. The van der Waals surface area contributed by atoms with Gasteiger partial charge >= 0.3 is 6.09 Å². The van der Waals surface area contributed by atoms with E-state index in [0.717, 1.165) is 50.3 Å². The summed E-state index contributed by atoms with van der Waals surface area (Å²) >= 11 is 0. The zero-order chi connectivity index (χ0) is 27.9. The first kappa shape index (κ1) is 27.1. The van der Waals surface area contributed by atoms with Crippen molar-refractivity contribution in [1.29, 1.82) is 0 Å². The second-order valence-corrected chi connectivity index (χ2v) is 11.9. The molecule has 1 aromatic carbocycles. The van der Waals surface area contributed by atoms with Crippen molar-refractivity contribution < 1.29 is 33.4 Å². The Bertz CT molecular complexity index is 1180. The molecule has 0 aromatic heterocycles. The Morgan fingerprint density at radius 1 is 0.974 bits per heavy atom. The van der Waals surface area contributed by atoms with Gasteiger partial charge in [0.1, 0.15) is 23.5 Å². The van der Waals surface area contributed by atoms with Crippen LogP contribution in [0, 0.1) is 5.92 Å². The average Bonchev–Trinajstić information content (AvgIpc) is 3.43. The van der Waals surface area contributed by atoms with E-state index in [0.29, 0.717) is 18.2 Å². The van der Waals surface area contributed by atoms with Crippen molar-refractivity contribution in [1.82, 2.24) is 20.0 Å². The summed E-state index contributed by atoms with van der Waals surface area (Å²) in [6.07, 6.45) is 2.57. The third kappa shape index (κ3) is 5.93. The number of benzene rings is 1. The monoisotopic (exact) mass is 540 g/mol. The van der Waals surface area contributed by atoms with Gasteiger partial charge in [0.2, 0.25) is 11.8 Å². The fourth-order valence-electron chi connectivity index (χ4n) is 5.76. The highest BCUT2D eigenvalue weighted by molar-refractivity contribution is 6.23. The molecule has 11 nitrogen and oxygen atoms in total. The van der Waals surface area contributed by atoms with Crippen LogP contribution in [0.3, 0.4) is 0 Å². The largest absolute Gasteiger partial charge is 0.490 e. The highest BCUT2D eigenvalue weighted by Gasteiger charge is 2.44. The second kappa shape index (κ2) is 10.6. The van der Waals surface area contributed by atoms with Gasteiger partial charge in [-0.2, -0.15) is 0 Å². The first-order valence-corrected chi connectivity index (χ1v) is 13.7. The molecule has 1 aromatic rings. The standard InChI is InChI=1S/C28H36N4O7/c1-28(2,3)39-27(37)31-13-8-17(16-31)15-30-11-9-18(10-12-30)38-19-4-5-20-21(14-19)26(36)32(25(20)35)22-6-7-23(33)29-24(22)34/h4-5,14,17-18,22H,6-13,15-16H2,1-3H3,(H,29,33,34). The minimum absolute atomic E-state index is 0.0143. The van der Waals surface area contributed by atoms with Gasteiger partial charge in [-0.3, -0.25) is 29.4 Å². The molecule has 3 fully saturated rings. The minimum Gasteiger partial charge on any atom is -0.490 e. The predicted molar refractivity (Wildman–Crippen MR) is 139 cm³/mol. The van der Waals surface area contributed by atoms with Gasteiger partial charge in [-0.25, -0.2) is 4.79 Å². The number of rotatable bonds is 5. The number of nitrogens with zero attached hydrogens (tertiary/aromatic N) is 3. The molecule has 2 unspecified atom stereocenters. The highest BCUT2D eigenvalue weighted by atomic mass is 16.6. The lowest BCUT2D eigenvalue weighted by Crippen LogP contribution is -2.54. The van der Waals surface area contributed by atoms with Gasteiger partial charge in [0.15, 0.2) is 0 Å². The number of piperidine rings is 2. The van der Waals surface area contributed by atoms with Crippen molar-refractivity contribution >= 4 is 29.7 Å². The highest BCUT2D eigenvalue weighted by Crippen LogP contribution is 2.31. The summed E-state index contributed by atoms with van der Waals surface area (Å²) < 4.78 is 11.7. The molecule has 210 valence electrons. The molecule has 5 amide bonds. The van der Waals surface area contributed by atoms with Crippen molar-refractivity contribution in [2.24, 2.45) is 5.92 Å². The fraction of sp³-hybridized carbons (Fsp3) is 0.607. The quantitative estimate of drug-likeness (QED) is 0.564. The van der Waals surface area contributed by atoms with Gasteiger partial charge < -0.3 is 19.3 Å². The molecule has 1 N–H and O–H groups in total. The Balaban J connectivity index is 1.12. The van der Waals surface area contributed by atoms with Gasteiger partial charge in [-0.05, 0) is 70.6 Å². The van der Waals surface area contributed by atoms with Crippen molar-refractivity contribution in [2.75, 3.05) is 32.7 Å². The second-order valence-electron chi connectivity index (χ2n) is 11.9. The number of fused-ring (bicyclic) bond motifs is 1. The van der Waals surface area contributed by atoms with E-state index in [1.54, 1.807) is 23.1 Å². The number of carbonyl (C=O) groups excluding carboxylic acids is 5. The SMILES string of the molecule is CC(C)(C)OC(=O)N1CCC(CN2CCC(Oc3ccc4c(c3)C(=O)N(C3CCC(=O)NC3=O)C4=O)CC2)C1. The number of likely N-dealkylation sites (tertiary alicyclic amines) is 2. The Kier molecular flexibility index (Phi) is 7.37. The summed E-state index contributed by atoms with van der Waals surface area (Å²) in [5.41, 5.74) is -0.0367.